The smallest absolute Gasteiger partial charge is 0.867 e. The maximum atomic E-state index is 9.89. The normalized spacial score (nSPS) is 4.50. The summed E-state index contributed by atoms with van der Waals surface area (Å²) >= 11 is 0. The van der Waals surface area contributed by atoms with Gasteiger partial charge in [-0.1, -0.05) is 0 Å². The van der Waals surface area contributed by atoms with Gasteiger partial charge in [0.1, 0.15) is 7.40 Å². The molecule has 0 aromatic heterocycles. The van der Waals surface area contributed by atoms with Crippen LogP contribution in [-0.4, -0.2) is 7.40 Å². The van der Waals surface area contributed by atoms with Crippen molar-refractivity contribution in [1.82, 2.24) is 0 Å². The maximum Gasteiger partial charge on any atom is 1.00 e. The molecular formula is BFLi2O2. The zero-order valence-corrected chi connectivity index (χ0v) is 3.77. The van der Waals surface area contributed by atoms with Crippen molar-refractivity contribution >= 4 is 7.40 Å². The maximum absolute atomic E-state index is 9.89. The van der Waals surface area contributed by atoms with Gasteiger partial charge in [0.15, 0.2) is 0 Å². The number of hydrogen-bond acceptors (Lipinski definition) is 2. The average molecular weight is 75.7 g/mol. The molecule has 0 radical (unpaired) electrons. The average Bonchev–Trinajstić information content (AvgIpc) is 0.811. The Labute approximate surface area is 59.7 Å². The molecule has 0 aromatic carbocycles. The Balaban J connectivity index is -0.0000000450. The molecule has 0 aliphatic carbocycles. The summed E-state index contributed by atoms with van der Waals surface area (Å²) in [7, 11) is -3.17. The molecule has 0 fully saturated rings. The third-order valence-electron chi connectivity index (χ3n) is 0. The van der Waals surface area contributed by atoms with Gasteiger partial charge in [0.25, 0.3) is 0 Å². The quantitative estimate of drug-likeness (QED) is 0.269. The van der Waals surface area contributed by atoms with Crippen molar-refractivity contribution in [2.24, 2.45) is 0 Å². The molecule has 2 nitrogen and oxygen atoms in total. The summed E-state index contributed by atoms with van der Waals surface area (Å²) in [6.45, 7) is 0. The molecule has 0 N–H and O–H groups in total. The molecule has 0 rings (SSSR count). The van der Waals surface area contributed by atoms with Gasteiger partial charge < -0.3 is 14.4 Å². The summed E-state index contributed by atoms with van der Waals surface area (Å²) in [5.74, 6) is 0. The molecule has 24 valence electrons. The minimum Gasteiger partial charge on any atom is -0.867 e. The first kappa shape index (κ1) is 15.7. The van der Waals surface area contributed by atoms with Crippen LogP contribution in [0.25, 0.3) is 0 Å². The van der Waals surface area contributed by atoms with Gasteiger partial charge >= 0.3 is 37.7 Å². The second kappa shape index (κ2) is 9.44. The standard InChI is InChI=1S/BFO2.2Li/c2-1(3)4;;/q-2;2*+1. The molecule has 0 atom stereocenters. The molecule has 0 spiro atoms. The van der Waals surface area contributed by atoms with Gasteiger partial charge in [0.05, 0.1) is 0 Å². The first-order chi connectivity index (χ1) is 1.73. The Morgan fingerprint density at radius 1 is 1.17 bits per heavy atom. The van der Waals surface area contributed by atoms with E-state index in [-0.39, 0.29) is 37.7 Å². The van der Waals surface area contributed by atoms with Crippen LogP contribution in [0.1, 0.15) is 0 Å². The second-order valence-corrected chi connectivity index (χ2v) is 0.274. The van der Waals surface area contributed by atoms with E-state index in [0.717, 1.165) is 0 Å². The van der Waals surface area contributed by atoms with E-state index in [1.54, 1.807) is 0 Å². The Kier molecular flexibility index (Phi) is 24.7. The minimum atomic E-state index is -3.17. The van der Waals surface area contributed by atoms with Crippen LogP contribution >= 0.6 is 0 Å². The second-order valence-electron chi connectivity index (χ2n) is 0.274. The molecule has 0 aliphatic rings. The van der Waals surface area contributed by atoms with Crippen molar-refractivity contribution in [3.63, 3.8) is 0 Å². The zero-order valence-electron chi connectivity index (χ0n) is 3.77. The SMILES string of the molecule is [Li+].[Li+].[O-]B([O-])F. The molecule has 6 heavy (non-hydrogen) atoms. The van der Waals surface area contributed by atoms with E-state index < -0.39 is 7.40 Å². The van der Waals surface area contributed by atoms with E-state index in [2.05, 4.69) is 0 Å². The van der Waals surface area contributed by atoms with Crippen LogP contribution in [0.4, 0.5) is 4.32 Å². The van der Waals surface area contributed by atoms with E-state index in [9.17, 15) is 4.32 Å². The summed E-state index contributed by atoms with van der Waals surface area (Å²) in [5, 5.41) is 16.6. The molecule has 0 saturated heterocycles. The third kappa shape index (κ3) is 70.1. The first-order valence-corrected chi connectivity index (χ1v) is 0.690. The van der Waals surface area contributed by atoms with Crippen LogP contribution in [-0.2, 0) is 0 Å². The Hall–Kier alpha value is 1.11. The van der Waals surface area contributed by atoms with E-state index in [1.807, 2.05) is 0 Å². The molecule has 0 aliphatic heterocycles. The summed E-state index contributed by atoms with van der Waals surface area (Å²) in [4.78, 5) is 0. The predicted molar refractivity (Wildman–Crippen MR) is 6.86 cm³/mol. The Bertz CT molecular complexity index is 16.3. The van der Waals surface area contributed by atoms with E-state index in [4.69, 9.17) is 10.0 Å². The van der Waals surface area contributed by atoms with E-state index >= 15 is 0 Å². The summed E-state index contributed by atoms with van der Waals surface area (Å²) in [6.07, 6.45) is 0. The van der Waals surface area contributed by atoms with Crippen LogP contribution in [0.3, 0.4) is 0 Å². The minimum absolute atomic E-state index is 0. The number of halogens is 1. The predicted octanol–water partition coefficient (Wildman–Crippen LogP) is -8.33. The van der Waals surface area contributed by atoms with Crippen LogP contribution in [0.5, 0.6) is 0 Å². The summed E-state index contributed by atoms with van der Waals surface area (Å²) < 4.78 is 9.89. The number of rotatable bonds is 0. The summed E-state index contributed by atoms with van der Waals surface area (Å²) in [6, 6.07) is 0. The molecule has 0 heterocycles. The van der Waals surface area contributed by atoms with Crippen molar-refractivity contribution in [3.8, 4) is 0 Å². The Morgan fingerprint density at radius 2 is 1.17 bits per heavy atom. The first-order valence-electron chi connectivity index (χ1n) is 0.690. The van der Waals surface area contributed by atoms with Crippen LogP contribution in [0.15, 0.2) is 0 Å². The molecule has 0 bridgehead atoms. The fraction of sp³-hybridized carbons (Fsp3) is 0. The van der Waals surface area contributed by atoms with Gasteiger partial charge in [-0.05, 0) is 0 Å². The van der Waals surface area contributed by atoms with Crippen LogP contribution in [0.2, 0.25) is 0 Å². The number of hydrogen-bond donors (Lipinski definition) is 0. The third-order valence-corrected chi connectivity index (χ3v) is 0. The van der Waals surface area contributed by atoms with Crippen molar-refractivity contribution in [1.29, 1.82) is 0 Å². The van der Waals surface area contributed by atoms with Gasteiger partial charge in [-0.2, -0.15) is 0 Å². The van der Waals surface area contributed by atoms with Gasteiger partial charge in [-0.25, -0.2) is 0 Å². The van der Waals surface area contributed by atoms with Gasteiger partial charge in [0, 0.05) is 0 Å². The van der Waals surface area contributed by atoms with Gasteiger partial charge in [0.2, 0.25) is 0 Å². The van der Waals surface area contributed by atoms with Crippen LogP contribution in [0, 0.1) is 0 Å². The van der Waals surface area contributed by atoms with E-state index in [1.165, 1.54) is 0 Å². The van der Waals surface area contributed by atoms with Crippen molar-refractivity contribution in [2.45, 2.75) is 0 Å². The molecule has 0 aromatic rings. The fourth-order valence-electron chi connectivity index (χ4n) is 0. The molecule has 0 unspecified atom stereocenters. The molecular weight excluding hydrogens is 75.7 g/mol. The molecule has 0 amide bonds. The van der Waals surface area contributed by atoms with Gasteiger partial charge in [-0.15, -0.1) is 0 Å². The molecule has 0 saturated carbocycles. The zero-order chi connectivity index (χ0) is 3.58. The summed E-state index contributed by atoms with van der Waals surface area (Å²) in [5.41, 5.74) is 0. The van der Waals surface area contributed by atoms with Crippen LogP contribution < -0.4 is 47.8 Å². The van der Waals surface area contributed by atoms with Crippen molar-refractivity contribution in [2.75, 3.05) is 0 Å². The topological polar surface area (TPSA) is 46.1 Å². The molecule has 6 heteroatoms. The van der Waals surface area contributed by atoms with Crippen molar-refractivity contribution < 1.29 is 52.1 Å². The largest absolute Gasteiger partial charge is 1.00 e. The van der Waals surface area contributed by atoms with E-state index in [0.29, 0.717) is 0 Å². The van der Waals surface area contributed by atoms with Gasteiger partial charge in [-0.3, -0.25) is 0 Å². The van der Waals surface area contributed by atoms with Crippen molar-refractivity contribution in [3.05, 3.63) is 0 Å². The Morgan fingerprint density at radius 3 is 1.17 bits per heavy atom. The monoisotopic (exact) mass is 76.0 g/mol. The fourth-order valence-corrected chi connectivity index (χ4v) is 0.